The van der Waals surface area contributed by atoms with E-state index in [1.54, 1.807) is 23.3 Å². The van der Waals surface area contributed by atoms with Gasteiger partial charge in [0.05, 0.1) is 23.2 Å². The zero-order valence-electron chi connectivity index (χ0n) is 17.4. The first kappa shape index (κ1) is 22.5. The second-order valence-corrected chi connectivity index (χ2v) is 8.83. The largest absolute Gasteiger partial charge is 0.383 e. The number of benzene rings is 1. The molecule has 6 nitrogen and oxygen atoms in total. The first-order valence-corrected chi connectivity index (χ1v) is 11.1. The maximum absolute atomic E-state index is 13.3. The highest BCUT2D eigenvalue weighted by Gasteiger charge is 2.34. The van der Waals surface area contributed by atoms with Gasteiger partial charge in [-0.15, -0.1) is 11.3 Å². The van der Waals surface area contributed by atoms with Crippen molar-refractivity contribution in [3.05, 3.63) is 57.2 Å². The topological polar surface area (TPSA) is 62.2 Å². The predicted octanol–water partition coefficient (Wildman–Crippen LogP) is 4.21. The summed E-state index contributed by atoms with van der Waals surface area (Å²) in [5, 5.41) is 8.81. The van der Waals surface area contributed by atoms with Crippen molar-refractivity contribution in [3.63, 3.8) is 0 Å². The van der Waals surface area contributed by atoms with E-state index in [-0.39, 0.29) is 30.3 Å². The molecule has 0 N–H and O–H groups in total. The Morgan fingerprint density at radius 2 is 2.03 bits per heavy atom. The van der Waals surface area contributed by atoms with Crippen LogP contribution in [0.25, 0.3) is 0 Å². The van der Waals surface area contributed by atoms with Crippen LogP contribution in [0.2, 0.25) is 5.02 Å². The maximum atomic E-state index is 13.3. The molecular weight excluding hydrogens is 422 g/mol. The van der Waals surface area contributed by atoms with Crippen molar-refractivity contribution in [2.45, 2.75) is 26.3 Å². The number of methoxy groups -OCH3 is 1. The molecule has 1 aromatic carbocycles. The van der Waals surface area contributed by atoms with Gasteiger partial charge in [-0.3, -0.25) is 9.59 Å². The van der Waals surface area contributed by atoms with Gasteiger partial charge in [-0.1, -0.05) is 43.6 Å². The van der Waals surface area contributed by atoms with Crippen LogP contribution in [0.4, 0.5) is 0 Å². The molecule has 0 saturated heterocycles. The molecule has 1 aliphatic heterocycles. The van der Waals surface area contributed by atoms with Crippen molar-refractivity contribution in [1.29, 1.82) is 0 Å². The normalized spacial score (nSPS) is 16.1. The minimum Gasteiger partial charge on any atom is -0.383 e. The Labute approximate surface area is 186 Å². The van der Waals surface area contributed by atoms with Gasteiger partial charge in [0.2, 0.25) is 5.91 Å². The Balaban J connectivity index is 1.86. The Morgan fingerprint density at radius 3 is 2.63 bits per heavy atom. The third-order valence-corrected chi connectivity index (χ3v) is 6.09. The van der Waals surface area contributed by atoms with E-state index in [2.05, 4.69) is 5.10 Å². The van der Waals surface area contributed by atoms with Crippen molar-refractivity contribution >= 4 is 40.5 Å². The lowest BCUT2D eigenvalue weighted by molar-refractivity contribution is -0.143. The van der Waals surface area contributed by atoms with E-state index in [1.165, 1.54) is 5.01 Å². The zero-order valence-corrected chi connectivity index (χ0v) is 18.9. The summed E-state index contributed by atoms with van der Waals surface area (Å²) in [6.45, 7) is 4.35. The first-order chi connectivity index (χ1) is 14.4. The fraction of sp³-hybridized carbons (Fsp3) is 0.409. The highest BCUT2D eigenvalue weighted by atomic mass is 35.5. The monoisotopic (exact) mass is 447 g/mol. The number of hydrogen-bond acceptors (Lipinski definition) is 5. The van der Waals surface area contributed by atoms with Gasteiger partial charge in [0, 0.05) is 31.0 Å². The van der Waals surface area contributed by atoms with Gasteiger partial charge in [0.25, 0.3) is 5.91 Å². The average molecular weight is 448 g/mol. The Kier molecular flexibility index (Phi) is 7.64. The fourth-order valence-corrected chi connectivity index (χ4v) is 4.19. The summed E-state index contributed by atoms with van der Waals surface area (Å²) in [6.07, 6.45) is 0.615. The van der Waals surface area contributed by atoms with Crippen molar-refractivity contribution in [3.8, 4) is 0 Å². The summed E-state index contributed by atoms with van der Waals surface area (Å²) >= 11 is 7.64. The molecule has 1 atom stereocenters. The molecule has 0 radical (unpaired) electrons. The number of hydrogen-bond donors (Lipinski definition) is 0. The molecule has 3 rings (SSSR count). The van der Waals surface area contributed by atoms with Gasteiger partial charge in [0.1, 0.15) is 6.54 Å². The van der Waals surface area contributed by atoms with E-state index < -0.39 is 0 Å². The molecule has 0 spiro atoms. The molecular formula is C22H26ClN3O3S. The van der Waals surface area contributed by atoms with E-state index in [4.69, 9.17) is 16.3 Å². The van der Waals surface area contributed by atoms with Gasteiger partial charge in [0.15, 0.2) is 0 Å². The number of halogens is 1. The molecule has 0 aliphatic carbocycles. The zero-order chi connectivity index (χ0) is 21.7. The second-order valence-electron chi connectivity index (χ2n) is 7.44. The van der Waals surface area contributed by atoms with E-state index in [9.17, 15) is 9.59 Å². The molecule has 0 saturated carbocycles. The summed E-state index contributed by atoms with van der Waals surface area (Å²) in [4.78, 5) is 28.5. The molecule has 0 bridgehead atoms. The van der Waals surface area contributed by atoms with Crippen molar-refractivity contribution in [2.24, 2.45) is 11.0 Å². The van der Waals surface area contributed by atoms with Gasteiger partial charge >= 0.3 is 0 Å². The molecule has 2 aromatic rings. The lowest BCUT2D eigenvalue weighted by atomic mass is 10.0. The molecule has 1 aromatic heterocycles. The summed E-state index contributed by atoms with van der Waals surface area (Å²) in [6, 6.07) is 11.2. The summed E-state index contributed by atoms with van der Waals surface area (Å²) in [7, 11) is 1.58. The summed E-state index contributed by atoms with van der Waals surface area (Å²) < 4.78 is 5.12. The maximum Gasteiger partial charge on any atom is 0.262 e. The first-order valence-electron chi connectivity index (χ1n) is 9.87. The quantitative estimate of drug-likeness (QED) is 0.609. The Bertz CT molecular complexity index is 897. The lowest BCUT2D eigenvalue weighted by Crippen LogP contribution is -2.44. The van der Waals surface area contributed by atoms with Gasteiger partial charge < -0.3 is 9.64 Å². The summed E-state index contributed by atoms with van der Waals surface area (Å²) in [5.74, 6) is -0.498. The number of rotatable bonds is 8. The van der Waals surface area contributed by atoms with Crippen LogP contribution in [0, 0.1) is 5.92 Å². The number of ether oxygens (including phenoxy) is 1. The molecule has 30 heavy (non-hydrogen) atoms. The number of hydrazone groups is 1. The SMILES string of the molecule is COCCN(CC(=O)N1N=C(c2cccs2)C[C@H]1c1ccc(Cl)cc1)C(=O)C(C)C. The number of nitrogens with zero attached hydrogens (tertiary/aromatic N) is 3. The van der Waals surface area contributed by atoms with E-state index in [0.29, 0.717) is 24.6 Å². The van der Waals surface area contributed by atoms with Crippen LogP contribution >= 0.6 is 22.9 Å². The fourth-order valence-electron chi connectivity index (χ4n) is 3.35. The van der Waals surface area contributed by atoms with E-state index in [0.717, 1.165) is 16.2 Å². The molecule has 1 aliphatic rings. The van der Waals surface area contributed by atoms with E-state index in [1.807, 2.05) is 55.6 Å². The van der Waals surface area contributed by atoms with Crippen LogP contribution < -0.4 is 0 Å². The van der Waals surface area contributed by atoms with Crippen LogP contribution in [0.15, 0.2) is 46.9 Å². The number of carbonyl (C=O) groups is 2. The molecule has 8 heteroatoms. The Hall–Kier alpha value is -2.22. The minimum absolute atomic E-state index is 0.0360. The van der Waals surface area contributed by atoms with Crippen molar-refractivity contribution < 1.29 is 14.3 Å². The third-order valence-electron chi connectivity index (χ3n) is 4.92. The number of carbonyl (C=O) groups excluding carboxylic acids is 2. The predicted molar refractivity (Wildman–Crippen MR) is 120 cm³/mol. The highest BCUT2D eigenvalue weighted by Crippen LogP contribution is 2.34. The second kappa shape index (κ2) is 10.2. The van der Waals surface area contributed by atoms with Gasteiger partial charge in [-0.2, -0.15) is 5.10 Å². The lowest BCUT2D eigenvalue weighted by Gasteiger charge is -2.28. The number of amides is 2. The van der Waals surface area contributed by atoms with Crippen LogP contribution in [-0.4, -0.2) is 54.2 Å². The van der Waals surface area contributed by atoms with Crippen LogP contribution in [-0.2, 0) is 14.3 Å². The highest BCUT2D eigenvalue weighted by molar-refractivity contribution is 7.12. The van der Waals surface area contributed by atoms with Gasteiger partial charge in [-0.05, 0) is 29.1 Å². The molecule has 160 valence electrons. The Morgan fingerprint density at radius 1 is 1.30 bits per heavy atom. The molecule has 2 heterocycles. The van der Waals surface area contributed by atoms with Crippen molar-refractivity contribution in [1.82, 2.24) is 9.91 Å². The van der Waals surface area contributed by atoms with Crippen LogP contribution in [0.5, 0.6) is 0 Å². The standard InChI is InChI=1S/C22H26ClN3O3S/c1-15(2)22(28)25(10-11-29-3)14-21(27)26-19(16-6-8-17(23)9-7-16)13-18(24-26)20-5-4-12-30-20/h4-9,12,15,19H,10-11,13-14H2,1-3H3/t19-/m0/s1. The molecule has 0 unspecified atom stereocenters. The smallest absolute Gasteiger partial charge is 0.262 e. The summed E-state index contributed by atoms with van der Waals surface area (Å²) in [5.41, 5.74) is 1.83. The number of thiophene rings is 1. The molecule has 0 fully saturated rings. The third kappa shape index (κ3) is 5.28. The van der Waals surface area contributed by atoms with Crippen molar-refractivity contribution in [2.75, 3.05) is 26.8 Å². The minimum atomic E-state index is -0.231. The van der Waals surface area contributed by atoms with Crippen LogP contribution in [0.1, 0.15) is 36.8 Å². The molecule has 2 amide bonds. The average Bonchev–Trinajstić information content (AvgIpc) is 3.40. The van der Waals surface area contributed by atoms with Crippen LogP contribution in [0.3, 0.4) is 0 Å². The van der Waals surface area contributed by atoms with E-state index >= 15 is 0 Å². The van der Waals surface area contributed by atoms with Gasteiger partial charge in [-0.25, -0.2) is 5.01 Å².